The highest BCUT2D eigenvalue weighted by Gasteiger charge is 2.14. The van der Waals surface area contributed by atoms with Gasteiger partial charge in [-0.25, -0.2) is 0 Å². The zero-order valence-electron chi connectivity index (χ0n) is 12.0. The molecule has 0 atom stereocenters. The van der Waals surface area contributed by atoms with Gasteiger partial charge in [-0.05, 0) is 25.3 Å². The molecule has 1 aromatic carbocycles. The summed E-state index contributed by atoms with van der Waals surface area (Å²) in [4.78, 5) is 12.2. The van der Waals surface area contributed by atoms with Crippen LogP contribution in [0.2, 0.25) is 0 Å². The molecule has 1 N–H and O–H groups in total. The van der Waals surface area contributed by atoms with Crippen LogP contribution in [0, 0.1) is 6.92 Å². The van der Waals surface area contributed by atoms with Gasteiger partial charge in [-0.3, -0.25) is 14.6 Å². The second kappa shape index (κ2) is 5.91. The van der Waals surface area contributed by atoms with Gasteiger partial charge in [0.15, 0.2) is 0 Å². The lowest BCUT2D eigenvalue weighted by Gasteiger charge is -2.07. The predicted octanol–water partition coefficient (Wildman–Crippen LogP) is 3.51. The van der Waals surface area contributed by atoms with Crippen LogP contribution < -0.4 is 5.56 Å². The number of aromatic nitrogens is 2. The molecule has 2 rings (SSSR count). The number of nitrogens with zero attached hydrogens (tertiary/aromatic N) is 1. The lowest BCUT2D eigenvalue weighted by Crippen LogP contribution is -2.07. The SMILES string of the molecule is CCCCn1[nH]c(=O)c(-c2ccc(C)cc2)c1CC. The Hall–Kier alpha value is -1.77. The summed E-state index contributed by atoms with van der Waals surface area (Å²) in [5, 5.41) is 2.97. The Morgan fingerprint density at radius 2 is 1.84 bits per heavy atom. The van der Waals surface area contributed by atoms with Gasteiger partial charge in [0.05, 0.1) is 5.56 Å². The number of benzene rings is 1. The third-order valence-electron chi connectivity index (χ3n) is 3.49. The summed E-state index contributed by atoms with van der Waals surface area (Å²) in [6.07, 6.45) is 3.08. The number of rotatable bonds is 5. The molecular weight excluding hydrogens is 236 g/mol. The van der Waals surface area contributed by atoms with Crippen molar-refractivity contribution in [1.82, 2.24) is 9.78 Å². The zero-order chi connectivity index (χ0) is 13.8. The summed E-state index contributed by atoms with van der Waals surface area (Å²) in [6.45, 7) is 7.21. The zero-order valence-corrected chi connectivity index (χ0v) is 12.0. The minimum atomic E-state index is 0.0248. The van der Waals surface area contributed by atoms with E-state index in [-0.39, 0.29) is 5.56 Å². The minimum absolute atomic E-state index is 0.0248. The van der Waals surface area contributed by atoms with Crippen LogP contribution in [-0.4, -0.2) is 9.78 Å². The van der Waals surface area contributed by atoms with Crippen LogP contribution in [0.15, 0.2) is 29.1 Å². The normalized spacial score (nSPS) is 10.9. The fourth-order valence-electron chi connectivity index (χ4n) is 2.40. The van der Waals surface area contributed by atoms with Gasteiger partial charge in [-0.1, -0.05) is 50.1 Å². The number of nitrogens with one attached hydrogen (secondary N) is 1. The average molecular weight is 258 g/mol. The number of aromatic amines is 1. The van der Waals surface area contributed by atoms with Crippen LogP contribution in [0.4, 0.5) is 0 Å². The molecule has 0 spiro atoms. The van der Waals surface area contributed by atoms with Crippen molar-refractivity contribution in [2.24, 2.45) is 0 Å². The molecule has 3 heteroatoms. The van der Waals surface area contributed by atoms with Crippen LogP contribution in [0.5, 0.6) is 0 Å². The van der Waals surface area contributed by atoms with Crippen molar-refractivity contribution < 1.29 is 0 Å². The van der Waals surface area contributed by atoms with Gasteiger partial charge in [-0.15, -0.1) is 0 Å². The van der Waals surface area contributed by atoms with E-state index in [2.05, 4.69) is 38.0 Å². The van der Waals surface area contributed by atoms with E-state index in [1.807, 2.05) is 16.8 Å². The highest BCUT2D eigenvalue weighted by Crippen LogP contribution is 2.21. The lowest BCUT2D eigenvalue weighted by atomic mass is 10.0. The standard InChI is InChI=1S/C16H22N2O/c1-4-6-11-18-14(5-2)15(16(19)17-18)13-9-7-12(3)8-10-13/h7-10H,4-6,11H2,1-3H3,(H,17,19). The molecule has 0 saturated carbocycles. The van der Waals surface area contributed by atoms with Crippen LogP contribution in [0.3, 0.4) is 0 Å². The van der Waals surface area contributed by atoms with E-state index in [1.165, 1.54) is 5.56 Å². The quantitative estimate of drug-likeness (QED) is 0.875. The molecule has 3 nitrogen and oxygen atoms in total. The Bertz CT molecular complexity index is 590. The average Bonchev–Trinajstić information content (AvgIpc) is 2.73. The van der Waals surface area contributed by atoms with Crippen molar-refractivity contribution in [3.8, 4) is 11.1 Å². The number of aryl methyl sites for hydroxylation is 2. The predicted molar refractivity (Wildman–Crippen MR) is 79.5 cm³/mol. The largest absolute Gasteiger partial charge is 0.289 e. The molecule has 0 aliphatic rings. The molecule has 0 unspecified atom stereocenters. The van der Waals surface area contributed by atoms with Crippen molar-refractivity contribution in [3.63, 3.8) is 0 Å². The molecular formula is C16H22N2O. The van der Waals surface area contributed by atoms with Crippen LogP contribution in [0.1, 0.15) is 37.9 Å². The first-order valence-electron chi connectivity index (χ1n) is 7.06. The van der Waals surface area contributed by atoms with E-state index >= 15 is 0 Å². The van der Waals surface area contributed by atoms with E-state index < -0.39 is 0 Å². The summed E-state index contributed by atoms with van der Waals surface area (Å²) in [5.74, 6) is 0. The molecule has 0 saturated heterocycles. The second-order valence-corrected chi connectivity index (χ2v) is 4.99. The van der Waals surface area contributed by atoms with Crippen molar-refractivity contribution in [1.29, 1.82) is 0 Å². The van der Waals surface area contributed by atoms with Crippen molar-refractivity contribution in [3.05, 3.63) is 45.9 Å². The van der Waals surface area contributed by atoms with E-state index in [4.69, 9.17) is 0 Å². The Morgan fingerprint density at radius 3 is 2.42 bits per heavy atom. The summed E-state index contributed by atoms with van der Waals surface area (Å²) < 4.78 is 2.01. The molecule has 0 aliphatic heterocycles. The van der Waals surface area contributed by atoms with Crippen molar-refractivity contribution >= 4 is 0 Å². The Kier molecular flexibility index (Phi) is 4.25. The third-order valence-corrected chi connectivity index (χ3v) is 3.49. The fraction of sp³-hybridized carbons (Fsp3) is 0.438. The summed E-state index contributed by atoms with van der Waals surface area (Å²) in [5.41, 5.74) is 4.19. The molecule has 0 aliphatic carbocycles. The third kappa shape index (κ3) is 2.80. The maximum Gasteiger partial charge on any atom is 0.272 e. The lowest BCUT2D eigenvalue weighted by molar-refractivity contribution is 0.548. The van der Waals surface area contributed by atoms with Crippen molar-refractivity contribution in [2.75, 3.05) is 0 Å². The minimum Gasteiger partial charge on any atom is -0.289 e. The smallest absolute Gasteiger partial charge is 0.272 e. The van der Waals surface area contributed by atoms with Crippen molar-refractivity contribution in [2.45, 2.75) is 46.6 Å². The van der Waals surface area contributed by atoms with E-state index in [9.17, 15) is 4.79 Å². The molecule has 0 fully saturated rings. The van der Waals surface area contributed by atoms with Gasteiger partial charge in [0, 0.05) is 12.2 Å². The summed E-state index contributed by atoms with van der Waals surface area (Å²) in [7, 11) is 0. The molecule has 2 aromatic rings. The first-order valence-corrected chi connectivity index (χ1v) is 7.06. The summed E-state index contributed by atoms with van der Waals surface area (Å²) in [6, 6.07) is 8.17. The Morgan fingerprint density at radius 1 is 1.16 bits per heavy atom. The number of hydrogen-bond acceptors (Lipinski definition) is 1. The summed E-state index contributed by atoms with van der Waals surface area (Å²) >= 11 is 0. The Labute approximate surface area is 114 Å². The molecule has 0 bridgehead atoms. The monoisotopic (exact) mass is 258 g/mol. The second-order valence-electron chi connectivity index (χ2n) is 4.99. The van der Waals surface area contributed by atoms with Gasteiger partial charge in [0.1, 0.15) is 0 Å². The molecule has 19 heavy (non-hydrogen) atoms. The van der Waals surface area contributed by atoms with Crippen LogP contribution >= 0.6 is 0 Å². The molecule has 1 aromatic heterocycles. The van der Waals surface area contributed by atoms with Gasteiger partial charge in [0.25, 0.3) is 5.56 Å². The van der Waals surface area contributed by atoms with Gasteiger partial charge in [-0.2, -0.15) is 0 Å². The molecule has 102 valence electrons. The number of H-pyrrole nitrogens is 1. The van der Waals surface area contributed by atoms with Crippen LogP contribution in [0.25, 0.3) is 11.1 Å². The number of hydrogen-bond donors (Lipinski definition) is 1. The van der Waals surface area contributed by atoms with Gasteiger partial charge >= 0.3 is 0 Å². The maximum atomic E-state index is 12.2. The first kappa shape index (κ1) is 13.7. The van der Waals surface area contributed by atoms with Crippen LogP contribution in [-0.2, 0) is 13.0 Å². The van der Waals surface area contributed by atoms with Gasteiger partial charge in [0.2, 0.25) is 0 Å². The molecule has 1 heterocycles. The maximum absolute atomic E-state index is 12.2. The first-order chi connectivity index (χ1) is 9.17. The Balaban J connectivity index is 2.47. The van der Waals surface area contributed by atoms with Gasteiger partial charge < -0.3 is 0 Å². The fourth-order valence-corrected chi connectivity index (χ4v) is 2.40. The highest BCUT2D eigenvalue weighted by molar-refractivity contribution is 5.65. The topological polar surface area (TPSA) is 37.8 Å². The highest BCUT2D eigenvalue weighted by atomic mass is 16.1. The van der Waals surface area contributed by atoms with E-state index in [1.54, 1.807) is 0 Å². The molecule has 0 amide bonds. The number of unbranched alkanes of at least 4 members (excludes halogenated alkanes) is 1. The van der Waals surface area contributed by atoms with E-state index in [0.29, 0.717) is 0 Å². The van der Waals surface area contributed by atoms with E-state index in [0.717, 1.165) is 42.6 Å². The molecule has 0 radical (unpaired) electrons.